The second-order valence-electron chi connectivity index (χ2n) is 4.57. The lowest BCUT2D eigenvalue weighted by atomic mass is 9.99. The van der Waals surface area contributed by atoms with Crippen LogP contribution >= 0.6 is 0 Å². The smallest absolute Gasteiger partial charge is 0.0147 e. The van der Waals surface area contributed by atoms with Crippen LogP contribution in [0.3, 0.4) is 0 Å². The third-order valence-corrected chi connectivity index (χ3v) is 3.29. The summed E-state index contributed by atoms with van der Waals surface area (Å²) in [6, 6.07) is 0.620. The molecule has 0 aliphatic carbocycles. The molecule has 1 unspecified atom stereocenters. The fraction of sp³-hybridized carbons (Fsp3) is 1.00. The van der Waals surface area contributed by atoms with Crippen LogP contribution in [0.2, 0.25) is 0 Å². The number of rotatable bonds is 6. The molecule has 0 amide bonds. The molecule has 13 heavy (non-hydrogen) atoms. The molecule has 0 aliphatic heterocycles. The summed E-state index contributed by atoms with van der Waals surface area (Å²) in [4.78, 5) is 2.45. The van der Waals surface area contributed by atoms with E-state index in [9.17, 15) is 0 Å². The van der Waals surface area contributed by atoms with Crippen molar-refractivity contribution in [3.63, 3.8) is 0 Å². The molecule has 1 N–H and O–H groups in total. The maximum Gasteiger partial charge on any atom is 0.0147 e. The maximum absolute atomic E-state index is 3.26. The number of hydrogen-bond donors (Lipinski definition) is 1. The van der Waals surface area contributed by atoms with Gasteiger partial charge in [0, 0.05) is 11.6 Å². The Morgan fingerprint density at radius 1 is 1.38 bits per heavy atom. The molecule has 0 saturated carbocycles. The molecule has 0 fully saturated rings. The Morgan fingerprint density at radius 2 is 1.92 bits per heavy atom. The Bertz CT molecular complexity index is 132. The van der Waals surface area contributed by atoms with E-state index >= 15 is 0 Å². The van der Waals surface area contributed by atoms with E-state index in [1.165, 1.54) is 19.4 Å². The molecular formula is C11H26N2. The van der Waals surface area contributed by atoms with Gasteiger partial charge >= 0.3 is 0 Å². The predicted molar refractivity (Wildman–Crippen MR) is 60.1 cm³/mol. The van der Waals surface area contributed by atoms with E-state index < -0.39 is 0 Å². The van der Waals surface area contributed by atoms with Gasteiger partial charge in [0.25, 0.3) is 0 Å². The summed E-state index contributed by atoms with van der Waals surface area (Å²) in [5.41, 5.74) is 0.341. The normalized spacial score (nSPS) is 15.0. The second-order valence-corrected chi connectivity index (χ2v) is 4.57. The fourth-order valence-corrected chi connectivity index (χ4v) is 1.10. The van der Waals surface area contributed by atoms with Crippen molar-refractivity contribution in [2.24, 2.45) is 0 Å². The summed E-state index contributed by atoms with van der Waals surface area (Å²) in [6.45, 7) is 10.3. The van der Waals surface area contributed by atoms with Crippen LogP contribution in [0.25, 0.3) is 0 Å². The monoisotopic (exact) mass is 186 g/mol. The summed E-state index contributed by atoms with van der Waals surface area (Å²) in [5.74, 6) is 0. The zero-order valence-electron chi connectivity index (χ0n) is 10.1. The third kappa shape index (κ3) is 4.63. The van der Waals surface area contributed by atoms with Gasteiger partial charge in [0.2, 0.25) is 0 Å². The molecule has 0 aliphatic rings. The van der Waals surface area contributed by atoms with E-state index in [4.69, 9.17) is 0 Å². The molecule has 0 heterocycles. The summed E-state index contributed by atoms with van der Waals surface area (Å²) in [7, 11) is 4.24. The molecule has 0 radical (unpaired) electrons. The zero-order chi connectivity index (χ0) is 10.5. The van der Waals surface area contributed by atoms with Gasteiger partial charge in [-0.3, -0.25) is 0 Å². The molecule has 80 valence electrons. The predicted octanol–water partition coefficient (Wildman–Crippen LogP) is 2.10. The first-order chi connectivity index (χ1) is 5.94. The first-order valence-corrected chi connectivity index (χ1v) is 5.32. The van der Waals surface area contributed by atoms with Crippen LogP contribution in [0.5, 0.6) is 0 Å². The number of nitrogens with zero attached hydrogens (tertiary/aromatic N) is 1. The van der Waals surface area contributed by atoms with E-state index in [2.05, 4.69) is 45.0 Å². The van der Waals surface area contributed by atoms with Crippen molar-refractivity contribution in [3.8, 4) is 0 Å². The number of nitrogens with one attached hydrogen (secondary N) is 1. The Balaban J connectivity index is 3.80. The second kappa shape index (κ2) is 5.61. The highest BCUT2D eigenvalue weighted by molar-refractivity contribution is 4.77. The van der Waals surface area contributed by atoms with Crippen LogP contribution in [0.1, 0.15) is 40.5 Å². The molecule has 1 atom stereocenters. The van der Waals surface area contributed by atoms with E-state index in [0.29, 0.717) is 11.6 Å². The third-order valence-electron chi connectivity index (χ3n) is 3.29. The SMILES string of the molecule is CCC(C)(C)N(C)CCC(C)NC. The van der Waals surface area contributed by atoms with Crippen molar-refractivity contribution in [3.05, 3.63) is 0 Å². The van der Waals surface area contributed by atoms with Gasteiger partial charge < -0.3 is 10.2 Å². The van der Waals surface area contributed by atoms with Crippen molar-refractivity contribution >= 4 is 0 Å². The van der Waals surface area contributed by atoms with Crippen LogP contribution < -0.4 is 5.32 Å². The molecule has 0 bridgehead atoms. The molecule has 0 rings (SSSR count). The summed E-state index contributed by atoms with van der Waals surface area (Å²) in [5, 5.41) is 3.26. The Morgan fingerprint density at radius 3 is 2.31 bits per heavy atom. The average Bonchev–Trinajstić information content (AvgIpc) is 2.13. The van der Waals surface area contributed by atoms with Gasteiger partial charge in [-0.15, -0.1) is 0 Å². The lowest BCUT2D eigenvalue weighted by Crippen LogP contribution is -2.42. The summed E-state index contributed by atoms with van der Waals surface area (Å²) >= 11 is 0. The highest BCUT2D eigenvalue weighted by Gasteiger charge is 2.20. The van der Waals surface area contributed by atoms with Crippen LogP contribution in [0.4, 0.5) is 0 Å². The first-order valence-electron chi connectivity index (χ1n) is 5.32. The Kier molecular flexibility index (Phi) is 5.57. The van der Waals surface area contributed by atoms with Gasteiger partial charge in [-0.05, 0) is 54.3 Å². The van der Waals surface area contributed by atoms with Gasteiger partial charge in [-0.25, -0.2) is 0 Å². The lowest BCUT2D eigenvalue weighted by molar-refractivity contribution is 0.145. The largest absolute Gasteiger partial charge is 0.317 e. The average molecular weight is 186 g/mol. The van der Waals surface area contributed by atoms with Crippen LogP contribution in [-0.4, -0.2) is 37.1 Å². The summed E-state index contributed by atoms with van der Waals surface area (Å²) < 4.78 is 0. The zero-order valence-corrected chi connectivity index (χ0v) is 10.1. The molecular weight excluding hydrogens is 160 g/mol. The fourth-order valence-electron chi connectivity index (χ4n) is 1.10. The van der Waals surface area contributed by atoms with Crippen LogP contribution in [0.15, 0.2) is 0 Å². The quantitative estimate of drug-likeness (QED) is 0.683. The Labute approximate surface area is 83.7 Å². The molecule has 2 heteroatoms. The van der Waals surface area contributed by atoms with Crippen LogP contribution in [-0.2, 0) is 0 Å². The minimum atomic E-state index is 0.341. The van der Waals surface area contributed by atoms with Crippen molar-refractivity contribution in [2.45, 2.75) is 52.1 Å². The molecule has 0 aromatic heterocycles. The van der Waals surface area contributed by atoms with Gasteiger partial charge in [0.15, 0.2) is 0 Å². The van der Waals surface area contributed by atoms with Crippen molar-refractivity contribution in [1.82, 2.24) is 10.2 Å². The standard InChI is InChI=1S/C11H26N2/c1-7-11(3,4)13(6)9-8-10(2)12-5/h10,12H,7-9H2,1-6H3. The molecule has 0 aromatic rings. The highest BCUT2D eigenvalue weighted by Crippen LogP contribution is 2.16. The van der Waals surface area contributed by atoms with E-state index in [0.717, 1.165) is 0 Å². The van der Waals surface area contributed by atoms with Crippen molar-refractivity contribution in [1.29, 1.82) is 0 Å². The number of hydrogen-bond acceptors (Lipinski definition) is 2. The molecule has 0 aromatic carbocycles. The van der Waals surface area contributed by atoms with Gasteiger partial charge in [0.05, 0.1) is 0 Å². The first kappa shape index (κ1) is 12.9. The Hall–Kier alpha value is -0.0800. The van der Waals surface area contributed by atoms with Crippen molar-refractivity contribution in [2.75, 3.05) is 20.6 Å². The topological polar surface area (TPSA) is 15.3 Å². The minimum Gasteiger partial charge on any atom is -0.317 e. The van der Waals surface area contributed by atoms with E-state index in [-0.39, 0.29) is 0 Å². The molecule has 2 nitrogen and oxygen atoms in total. The van der Waals surface area contributed by atoms with E-state index in [1.807, 2.05) is 7.05 Å². The van der Waals surface area contributed by atoms with Crippen LogP contribution in [0, 0.1) is 0 Å². The van der Waals surface area contributed by atoms with Gasteiger partial charge in [-0.1, -0.05) is 6.92 Å². The molecule has 0 spiro atoms. The lowest BCUT2D eigenvalue weighted by Gasteiger charge is -2.35. The maximum atomic E-state index is 3.26. The highest BCUT2D eigenvalue weighted by atomic mass is 15.2. The minimum absolute atomic E-state index is 0.341. The van der Waals surface area contributed by atoms with Gasteiger partial charge in [0.1, 0.15) is 0 Å². The van der Waals surface area contributed by atoms with E-state index in [1.54, 1.807) is 0 Å². The summed E-state index contributed by atoms with van der Waals surface area (Å²) in [6.07, 6.45) is 2.42. The van der Waals surface area contributed by atoms with Gasteiger partial charge in [-0.2, -0.15) is 0 Å². The molecule has 0 saturated heterocycles. The van der Waals surface area contributed by atoms with Crippen molar-refractivity contribution < 1.29 is 0 Å².